The highest BCUT2D eigenvalue weighted by Crippen LogP contribution is 2.22. The Bertz CT molecular complexity index is 612. The predicted octanol–water partition coefficient (Wildman–Crippen LogP) is 3.70. The van der Waals surface area contributed by atoms with Crippen LogP contribution in [0.25, 0.3) is 0 Å². The number of para-hydroxylation sites is 1. The molecule has 0 aliphatic carbocycles. The number of hydrogen-bond acceptors (Lipinski definition) is 2. The molecule has 2 aromatic rings. The third-order valence-corrected chi connectivity index (χ3v) is 3.64. The second-order valence-corrected chi connectivity index (χ2v) is 5.46. The van der Waals surface area contributed by atoms with Crippen LogP contribution in [-0.2, 0) is 11.3 Å². The molecule has 3 heteroatoms. The van der Waals surface area contributed by atoms with Crippen LogP contribution >= 0.6 is 0 Å². The Hall–Kier alpha value is -2.29. The maximum Gasteiger partial charge on any atom is 0.323 e. The molecule has 1 N–H and O–H groups in total. The summed E-state index contributed by atoms with van der Waals surface area (Å²) in [6, 6.07) is 14.0. The van der Waals surface area contributed by atoms with Gasteiger partial charge in [-0.1, -0.05) is 35.9 Å². The summed E-state index contributed by atoms with van der Waals surface area (Å²) in [6.45, 7) is 6.85. The van der Waals surface area contributed by atoms with E-state index >= 15 is 0 Å². The Labute approximate surface area is 125 Å². The molecule has 0 amide bonds. The van der Waals surface area contributed by atoms with Crippen molar-refractivity contribution in [3.63, 3.8) is 0 Å². The van der Waals surface area contributed by atoms with Gasteiger partial charge in [0.1, 0.15) is 6.54 Å². The highest BCUT2D eigenvalue weighted by atomic mass is 16.4. The standard InChI is InChI=1S/C18H21NO2/c1-13-9-14(2)17(15(3)10-13)11-19(12-18(20)21)16-7-5-4-6-8-16/h4-10H,11-12H2,1-3H3,(H,20,21). The van der Waals surface area contributed by atoms with Crippen LogP contribution in [0.1, 0.15) is 22.3 Å². The molecule has 0 saturated carbocycles. The summed E-state index contributed by atoms with van der Waals surface area (Å²) in [5.41, 5.74) is 5.78. The number of carboxylic acid groups (broad SMARTS) is 1. The van der Waals surface area contributed by atoms with Crippen LogP contribution in [0, 0.1) is 20.8 Å². The first-order valence-electron chi connectivity index (χ1n) is 7.06. The van der Waals surface area contributed by atoms with Gasteiger partial charge in [-0.25, -0.2) is 0 Å². The maximum absolute atomic E-state index is 11.2. The maximum atomic E-state index is 11.2. The van der Waals surface area contributed by atoms with Crippen molar-refractivity contribution >= 4 is 11.7 Å². The molecule has 0 fully saturated rings. The largest absolute Gasteiger partial charge is 0.480 e. The number of aliphatic carboxylic acids is 1. The van der Waals surface area contributed by atoms with E-state index in [4.69, 9.17) is 5.11 Å². The van der Waals surface area contributed by atoms with Gasteiger partial charge in [0.05, 0.1) is 0 Å². The van der Waals surface area contributed by atoms with Crippen LogP contribution in [0.4, 0.5) is 5.69 Å². The van der Waals surface area contributed by atoms with Gasteiger partial charge in [0.25, 0.3) is 0 Å². The molecule has 21 heavy (non-hydrogen) atoms. The Morgan fingerprint density at radius 3 is 2.14 bits per heavy atom. The quantitative estimate of drug-likeness (QED) is 0.909. The van der Waals surface area contributed by atoms with Crippen molar-refractivity contribution in [1.29, 1.82) is 0 Å². The van der Waals surface area contributed by atoms with Crippen molar-refractivity contribution in [1.82, 2.24) is 0 Å². The van der Waals surface area contributed by atoms with E-state index in [9.17, 15) is 4.79 Å². The third kappa shape index (κ3) is 3.85. The molecule has 0 heterocycles. The number of anilines is 1. The Morgan fingerprint density at radius 2 is 1.62 bits per heavy atom. The molecular formula is C18H21NO2. The Balaban J connectivity index is 2.34. The van der Waals surface area contributed by atoms with Gasteiger partial charge >= 0.3 is 5.97 Å². The molecule has 0 spiro atoms. The second kappa shape index (κ2) is 6.44. The van der Waals surface area contributed by atoms with Crippen LogP contribution in [-0.4, -0.2) is 17.6 Å². The van der Waals surface area contributed by atoms with Crippen molar-refractivity contribution in [3.05, 3.63) is 64.7 Å². The molecular weight excluding hydrogens is 262 g/mol. The lowest BCUT2D eigenvalue weighted by Gasteiger charge is -2.25. The zero-order valence-corrected chi connectivity index (χ0v) is 12.8. The van der Waals surface area contributed by atoms with Crippen LogP contribution < -0.4 is 4.90 Å². The smallest absolute Gasteiger partial charge is 0.323 e. The van der Waals surface area contributed by atoms with Gasteiger partial charge in [0, 0.05) is 12.2 Å². The van der Waals surface area contributed by atoms with Gasteiger partial charge < -0.3 is 10.0 Å². The van der Waals surface area contributed by atoms with Gasteiger partial charge in [0.2, 0.25) is 0 Å². The summed E-state index contributed by atoms with van der Waals surface area (Å²) >= 11 is 0. The fraction of sp³-hybridized carbons (Fsp3) is 0.278. The SMILES string of the molecule is Cc1cc(C)c(CN(CC(=O)O)c2ccccc2)c(C)c1. The van der Waals surface area contributed by atoms with Crippen molar-refractivity contribution in [2.24, 2.45) is 0 Å². The van der Waals surface area contributed by atoms with Gasteiger partial charge in [-0.15, -0.1) is 0 Å². The summed E-state index contributed by atoms with van der Waals surface area (Å²) in [5.74, 6) is -0.818. The van der Waals surface area contributed by atoms with Gasteiger partial charge in [-0.2, -0.15) is 0 Å². The van der Waals surface area contributed by atoms with E-state index in [1.807, 2.05) is 35.2 Å². The third-order valence-electron chi connectivity index (χ3n) is 3.64. The first-order chi connectivity index (χ1) is 9.97. The zero-order valence-electron chi connectivity index (χ0n) is 12.8. The highest BCUT2D eigenvalue weighted by molar-refractivity contribution is 5.73. The van der Waals surface area contributed by atoms with Crippen molar-refractivity contribution in [2.75, 3.05) is 11.4 Å². The fourth-order valence-corrected chi connectivity index (χ4v) is 2.69. The van der Waals surface area contributed by atoms with Crippen LogP contribution in [0.5, 0.6) is 0 Å². The highest BCUT2D eigenvalue weighted by Gasteiger charge is 2.14. The predicted molar refractivity (Wildman–Crippen MR) is 85.8 cm³/mol. The molecule has 0 bridgehead atoms. The average Bonchev–Trinajstić information content (AvgIpc) is 2.42. The monoisotopic (exact) mass is 283 g/mol. The molecule has 3 nitrogen and oxygen atoms in total. The van der Waals surface area contributed by atoms with Crippen LogP contribution in [0.2, 0.25) is 0 Å². The van der Waals surface area contributed by atoms with E-state index in [1.54, 1.807) is 0 Å². The second-order valence-electron chi connectivity index (χ2n) is 5.46. The lowest BCUT2D eigenvalue weighted by Crippen LogP contribution is -2.29. The summed E-state index contributed by atoms with van der Waals surface area (Å²) in [5, 5.41) is 9.16. The van der Waals surface area contributed by atoms with Gasteiger partial charge in [-0.05, 0) is 49.6 Å². The molecule has 0 radical (unpaired) electrons. The number of aryl methyl sites for hydroxylation is 3. The normalized spacial score (nSPS) is 10.4. The van der Waals surface area contributed by atoms with Crippen molar-refractivity contribution < 1.29 is 9.90 Å². The molecule has 2 aromatic carbocycles. The summed E-state index contributed by atoms with van der Waals surface area (Å²) in [6.07, 6.45) is 0. The summed E-state index contributed by atoms with van der Waals surface area (Å²) in [7, 11) is 0. The number of carbonyl (C=O) groups is 1. The number of rotatable bonds is 5. The Kier molecular flexibility index (Phi) is 4.63. The molecule has 0 unspecified atom stereocenters. The topological polar surface area (TPSA) is 40.5 Å². The first-order valence-corrected chi connectivity index (χ1v) is 7.06. The van der Waals surface area contributed by atoms with Crippen molar-refractivity contribution in [2.45, 2.75) is 27.3 Å². The van der Waals surface area contributed by atoms with Crippen LogP contribution in [0.15, 0.2) is 42.5 Å². The van der Waals surface area contributed by atoms with Crippen LogP contribution in [0.3, 0.4) is 0 Å². The van der Waals surface area contributed by atoms with Gasteiger partial charge in [0.15, 0.2) is 0 Å². The number of benzene rings is 2. The van der Waals surface area contributed by atoms with E-state index in [1.165, 1.54) is 22.3 Å². The van der Waals surface area contributed by atoms with E-state index in [0.29, 0.717) is 6.54 Å². The molecule has 2 rings (SSSR count). The number of carboxylic acids is 1. The van der Waals surface area contributed by atoms with Gasteiger partial charge in [-0.3, -0.25) is 4.79 Å². The van der Waals surface area contributed by atoms with E-state index in [0.717, 1.165) is 5.69 Å². The molecule has 0 atom stereocenters. The molecule has 0 saturated heterocycles. The minimum absolute atomic E-state index is 0.00320. The molecule has 0 aliphatic heterocycles. The first kappa shape index (κ1) is 15.1. The fourth-order valence-electron chi connectivity index (χ4n) is 2.69. The number of nitrogens with zero attached hydrogens (tertiary/aromatic N) is 1. The zero-order chi connectivity index (χ0) is 15.4. The van der Waals surface area contributed by atoms with E-state index in [2.05, 4.69) is 32.9 Å². The minimum atomic E-state index is -0.818. The van der Waals surface area contributed by atoms with Crippen molar-refractivity contribution in [3.8, 4) is 0 Å². The average molecular weight is 283 g/mol. The molecule has 0 aliphatic rings. The number of hydrogen-bond donors (Lipinski definition) is 1. The van der Waals surface area contributed by atoms with E-state index < -0.39 is 5.97 Å². The molecule has 110 valence electrons. The molecule has 0 aromatic heterocycles. The van der Waals surface area contributed by atoms with E-state index in [-0.39, 0.29) is 6.54 Å². The summed E-state index contributed by atoms with van der Waals surface area (Å²) < 4.78 is 0. The Morgan fingerprint density at radius 1 is 1.05 bits per heavy atom. The lowest BCUT2D eigenvalue weighted by atomic mass is 9.99. The lowest BCUT2D eigenvalue weighted by molar-refractivity contribution is -0.135. The minimum Gasteiger partial charge on any atom is -0.480 e. The summed E-state index contributed by atoms with van der Waals surface area (Å²) in [4.78, 5) is 13.1.